The first-order valence-electron chi connectivity index (χ1n) is 9.46. The van der Waals surface area contributed by atoms with E-state index in [2.05, 4.69) is 21.4 Å². The summed E-state index contributed by atoms with van der Waals surface area (Å²) in [4.78, 5) is 28.6. The SMILES string of the molecule is O=C(NCC(=O)N1CCN(Cc2cc3ccccn3n2)CC1)c1ccccc1. The van der Waals surface area contributed by atoms with Gasteiger partial charge in [-0.3, -0.25) is 14.5 Å². The van der Waals surface area contributed by atoms with Gasteiger partial charge in [-0.2, -0.15) is 5.10 Å². The predicted molar refractivity (Wildman–Crippen MR) is 106 cm³/mol. The fraction of sp³-hybridized carbons (Fsp3) is 0.286. The molecule has 3 heterocycles. The quantitative estimate of drug-likeness (QED) is 0.730. The van der Waals surface area contributed by atoms with Crippen LogP contribution in [-0.2, 0) is 11.3 Å². The fourth-order valence-corrected chi connectivity index (χ4v) is 3.41. The molecule has 1 fully saturated rings. The first kappa shape index (κ1) is 18.2. The number of amides is 2. The Labute approximate surface area is 163 Å². The molecule has 0 bridgehead atoms. The molecule has 3 aromatic rings. The number of aromatic nitrogens is 2. The first-order chi connectivity index (χ1) is 13.7. The molecule has 28 heavy (non-hydrogen) atoms. The van der Waals surface area contributed by atoms with Gasteiger partial charge >= 0.3 is 0 Å². The van der Waals surface area contributed by atoms with Crippen molar-refractivity contribution in [2.75, 3.05) is 32.7 Å². The summed E-state index contributed by atoms with van der Waals surface area (Å²) in [5, 5.41) is 7.29. The number of piperazine rings is 1. The normalized spacial score (nSPS) is 14.9. The van der Waals surface area contributed by atoms with Crippen molar-refractivity contribution in [2.45, 2.75) is 6.54 Å². The molecule has 1 saturated heterocycles. The molecule has 2 aromatic heterocycles. The third-order valence-electron chi connectivity index (χ3n) is 4.97. The van der Waals surface area contributed by atoms with E-state index in [1.807, 2.05) is 39.9 Å². The molecule has 0 unspecified atom stereocenters. The molecule has 0 saturated carbocycles. The lowest BCUT2D eigenvalue weighted by Crippen LogP contribution is -2.50. The number of nitrogens with zero attached hydrogens (tertiary/aromatic N) is 4. The zero-order valence-electron chi connectivity index (χ0n) is 15.6. The van der Waals surface area contributed by atoms with Crippen LogP contribution in [0.2, 0.25) is 0 Å². The number of hydrogen-bond acceptors (Lipinski definition) is 4. The smallest absolute Gasteiger partial charge is 0.251 e. The summed E-state index contributed by atoms with van der Waals surface area (Å²) < 4.78 is 1.88. The average Bonchev–Trinajstić information content (AvgIpc) is 3.15. The maximum Gasteiger partial charge on any atom is 0.251 e. The van der Waals surface area contributed by atoms with Gasteiger partial charge in [0.1, 0.15) is 0 Å². The van der Waals surface area contributed by atoms with Gasteiger partial charge in [0.15, 0.2) is 0 Å². The highest BCUT2D eigenvalue weighted by Crippen LogP contribution is 2.11. The molecular formula is C21H23N5O2. The van der Waals surface area contributed by atoms with Gasteiger partial charge < -0.3 is 10.2 Å². The summed E-state index contributed by atoms with van der Waals surface area (Å²) in [6.07, 6.45) is 1.94. The molecule has 0 spiro atoms. The minimum absolute atomic E-state index is 0.0279. The summed E-state index contributed by atoms with van der Waals surface area (Å²) in [5.74, 6) is -0.268. The van der Waals surface area contributed by atoms with E-state index in [0.717, 1.165) is 30.8 Å². The molecule has 1 aliphatic rings. The Hall–Kier alpha value is -3.19. The van der Waals surface area contributed by atoms with E-state index in [1.54, 1.807) is 24.3 Å². The van der Waals surface area contributed by atoms with Crippen LogP contribution in [-0.4, -0.2) is 64.0 Å². The largest absolute Gasteiger partial charge is 0.343 e. The third kappa shape index (κ3) is 4.20. The molecule has 7 nitrogen and oxygen atoms in total. The highest BCUT2D eigenvalue weighted by atomic mass is 16.2. The maximum atomic E-state index is 12.4. The molecule has 0 atom stereocenters. The Balaban J connectivity index is 1.24. The van der Waals surface area contributed by atoms with E-state index in [9.17, 15) is 9.59 Å². The predicted octanol–water partition coefficient (Wildman–Crippen LogP) is 1.41. The lowest BCUT2D eigenvalue weighted by atomic mass is 10.2. The molecule has 2 amide bonds. The van der Waals surface area contributed by atoms with Gasteiger partial charge in [0.25, 0.3) is 5.91 Å². The van der Waals surface area contributed by atoms with Gasteiger partial charge in [-0.1, -0.05) is 24.3 Å². The molecule has 144 valence electrons. The topological polar surface area (TPSA) is 70.0 Å². The van der Waals surface area contributed by atoms with Gasteiger partial charge in [-0.05, 0) is 30.3 Å². The van der Waals surface area contributed by atoms with Gasteiger partial charge in [0.2, 0.25) is 5.91 Å². The van der Waals surface area contributed by atoms with Crippen LogP contribution in [0.1, 0.15) is 16.1 Å². The van der Waals surface area contributed by atoms with Crippen molar-refractivity contribution in [3.8, 4) is 0 Å². The highest BCUT2D eigenvalue weighted by Gasteiger charge is 2.22. The number of pyridine rings is 1. The summed E-state index contributed by atoms with van der Waals surface area (Å²) in [6, 6.07) is 17.0. The van der Waals surface area contributed by atoms with Crippen molar-refractivity contribution in [1.82, 2.24) is 24.7 Å². The Bertz CT molecular complexity index is 928. The van der Waals surface area contributed by atoms with Crippen LogP contribution in [0.25, 0.3) is 5.52 Å². The second-order valence-electron chi connectivity index (χ2n) is 6.91. The summed E-state index contributed by atoms with van der Waals surface area (Å²) in [7, 11) is 0. The van der Waals surface area contributed by atoms with E-state index in [4.69, 9.17) is 0 Å². The van der Waals surface area contributed by atoms with Crippen molar-refractivity contribution in [3.63, 3.8) is 0 Å². The summed E-state index contributed by atoms with van der Waals surface area (Å²) in [5.41, 5.74) is 2.68. The van der Waals surface area contributed by atoms with E-state index in [1.165, 1.54) is 0 Å². The van der Waals surface area contributed by atoms with Crippen LogP contribution >= 0.6 is 0 Å². The Kier molecular flexibility index (Phi) is 5.34. The van der Waals surface area contributed by atoms with Crippen molar-refractivity contribution < 1.29 is 9.59 Å². The number of carbonyl (C=O) groups excluding carboxylic acids is 2. The second-order valence-corrected chi connectivity index (χ2v) is 6.91. The average molecular weight is 377 g/mol. The summed E-state index contributed by atoms with van der Waals surface area (Å²) >= 11 is 0. The van der Waals surface area contributed by atoms with Crippen molar-refractivity contribution in [1.29, 1.82) is 0 Å². The number of benzene rings is 1. The van der Waals surface area contributed by atoms with Crippen LogP contribution in [0.3, 0.4) is 0 Å². The zero-order valence-corrected chi connectivity index (χ0v) is 15.6. The maximum absolute atomic E-state index is 12.4. The number of nitrogens with one attached hydrogen (secondary N) is 1. The highest BCUT2D eigenvalue weighted by molar-refractivity contribution is 5.96. The van der Waals surface area contributed by atoms with Crippen LogP contribution in [0, 0.1) is 0 Å². The monoisotopic (exact) mass is 377 g/mol. The Morgan fingerprint density at radius 3 is 2.46 bits per heavy atom. The fourth-order valence-electron chi connectivity index (χ4n) is 3.41. The van der Waals surface area contributed by atoms with E-state index in [-0.39, 0.29) is 18.4 Å². The van der Waals surface area contributed by atoms with Gasteiger partial charge in [-0.15, -0.1) is 0 Å². The van der Waals surface area contributed by atoms with Crippen molar-refractivity contribution in [2.24, 2.45) is 0 Å². The number of carbonyl (C=O) groups is 2. The molecule has 1 N–H and O–H groups in total. The third-order valence-corrected chi connectivity index (χ3v) is 4.97. The molecule has 0 radical (unpaired) electrons. The molecule has 0 aliphatic carbocycles. The lowest BCUT2D eigenvalue weighted by molar-refractivity contribution is -0.131. The van der Waals surface area contributed by atoms with Crippen molar-refractivity contribution >= 4 is 17.3 Å². The standard InChI is InChI=1S/C21H23N5O2/c27-20(15-22-21(28)17-6-2-1-3-7-17)25-12-10-24(11-13-25)16-18-14-19-8-4-5-9-26(19)23-18/h1-9,14H,10-13,15-16H2,(H,22,28). The van der Waals surface area contributed by atoms with Crippen LogP contribution < -0.4 is 5.32 Å². The Morgan fingerprint density at radius 2 is 1.71 bits per heavy atom. The molecular weight excluding hydrogens is 354 g/mol. The minimum Gasteiger partial charge on any atom is -0.343 e. The molecule has 1 aliphatic heterocycles. The summed E-state index contributed by atoms with van der Waals surface area (Å²) in [6.45, 7) is 3.72. The second kappa shape index (κ2) is 8.22. The minimum atomic E-state index is -0.223. The number of fused-ring (bicyclic) bond motifs is 1. The van der Waals surface area contributed by atoms with E-state index < -0.39 is 0 Å². The van der Waals surface area contributed by atoms with Crippen molar-refractivity contribution in [3.05, 3.63) is 72.1 Å². The number of hydrogen-bond donors (Lipinski definition) is 1. The van der Waals surface area contributed by atoms with Gasteiger partial charge in [0, 0.05) is 44.5 Å². The molecule has 4 rings (SSSR count). The van der Waals surface area contributed by atoms with Crippen LogP contribution in [0.15, 0.2) is 60.8 Å². The first-order valence-corrected chi connectivity index (χ1v) is 9.46. The van der Waals surface area contributed by atoms with Crippen LogP contribution in [0.5, 0.6) is 0 Å². The zero-order chi connectivity index (χ0) is 19.3. The van der Waals surface area contributed by atoms with E-state index >= 15 is 0 Å². The molecule has 1 aromatic carbocycles. The van der Waals surface area contributed by atoms with E-state index in [0.29, 0.717) is 18.7 Å². The Morgan fingerprint density at radius 1 is 0.964 bits per heavy atom. The lowest BCUT2D eigenvalue weighted by Gasteiger charge is -2.34. The van der Waals surface area contributed by atoms with Gasteiger partial charge in [0.05, 0.1) is 17.8 Å². The van der Waals surface area contributed by atoms with Gasteiger partial charge in [-0.25, -0.2) is 4.52 Å². The number of rotatable bonds is 5. The molecule has 7 heteroatoms. The van der Waals surface area contributed by atoms with Crippen LogP contribution in [0.4, 0.5) is 0 Å².